The molecule has 0 saturated carbocycles. The second-order valence-electron chi connectivity index (χ2n) is 4.89. The Morgan fingerprint density at radius 2 is 1.90 bits per heavy atom. The Labute approximate surface area is 122 Å². The molecule has 21 heavy (non-hydrogen) atoms. The second kappa shape index (κ2) is 5.63. The molecule has 3 rings (SSSR count). The highest BCUT2D eigenvalue weighted by Crippen LogP contribution is 2.19. The molecule has 104 valence electrons. The third kappa shape index (κ3) is 3.00. The molecule has 4 nitrogen and oxygen atoms in total. The quantitative estimate of drug-likeness (QED) is 0.768. The fourth-order valence-corrected chi connectivity index (χ4v) is 2.09. The summed E-state index contributed by atoms with van der Waals surface area (Å²) in [5, 5.41) is 9.59. The number of rotatable bonds is 3. The zero-order valence-corrected chi connectivity index (χ0v) is 11.6. The van der Waals surface area contributed by atoms with Gasteiger partial charge in [-0.15, -0.1) is 0 Å². The van der Waals surface area contributed by atoms with Gasteiger partial charge < -0.3 is 5.32 Å². The van der Waals surface area contributed by atoms with E-state index in [1.54, 1.807) is 18.5 Å². The predicted molar refractivity (Wildman–Crippen MR) is 83.2 cm³/mol. The van der Waals surface area contributed by atoms with E-state index in [1.165, 1.54) is 0 Å². The molecule has 0 radical (unpaired) electrons. The molecular weight excluding hydrogens is 262 g/mol. The van der Waals surface area contributed by atoms with Crippen molar-refractivity contribution in [3.05, 3.63) is 72.1 Å². The second-order valence-corrected chi connectivity index (χ2v) is 4.89. The summed E-state index contributed by atoms with van der Waals surface area (Å²) in [6.45, 7) is 2.01. The average Bonchev–Trinajstić information content (AvgIpc) is 3.04. The molecule has 1 aromatic heterocycles. The van der Waals surface area contributed by atoms with Gasteiger partial charge in [0.2, 0.25) is 0 Å². The molecule has 2 aromatic carbocycles. The Morgan fingerprint density at radius 3 is 2.62 bits per heavy atom. The topological polar surface area (TPSA) is 57.8 Å². The maximum absolute atomic E-state index is 12.3. The standard InChI is InChI=1S/C17H15N3O/c1-12-5-7-16(8-6-12)20-17(21)14-4-2-3-13(9-14)15-10-18-19-11-15/h2-11H,1H3,(H,18,19)(H,20,21). The lowest BCUT2D eigenvalue weighted by Gasteiger charge is -2.07. The number of nitrogens with one attached hydrogen (secondary N) is 2. The normalized spacial score (nSPS) is 10.3. The summed E-state index contributed by atoms with van der Waals surface area (Å²) >= 11 is 0. The van der Waals surface area contributed by atoms with E-state index in [4.69, 9.17) is 0 Å². The van der Waals surface area contributed by atoms with E-state index in [-0.39, 0.29) is 5.91 Å². The van der Waals surface area contributed by atoms with Crippen LogP contribution in [-0.4, -0.2) is 16.1 Å². The largest absolute Gasteiger partial charge is 0.322 e. The lowest BCUT2D eigenvalue weighted by Crippen LogP contribution is -2.11. The molecule has 0 unspecified atom stereocenters. The van der Waals surface area contributed by atoms with Crippen molar-refractivity contribution in [3.8, 4) is 11.1 Å². The van der Waals surface area contributed by atoms with E-state index >= 15 is 0 Å². The molecule has 0 spiro atoms. The molecule has 0 aliphatic rings. The van der Waals surface area contributed by atoms with Crippen LogP contribution < -0.4 is 5.32 Å². The summed E-state index contributed by atoms with van der Waals surface area (Å²) in [6, 6.07) is 15.2. The molecule has 0 fully saturated rings. The molecule has 3 aromatic rings. The summed E-state index contributed by atoms with van der Waals surface area (Å²) in [4.78, 5) is 12.3. The first-order valence-corrected chi connectivity index (χ1v) is 6.69. The molecular formula is C17H15N3O. The number of benzene rings is 2. The van der Waals surface area contributed by atoms with Gasteiger partial charge in [0.15, 0.2) is 0 Å². The molecule has 1 heterocycles. The van der Waals surface area contributed by atoms with Crippen LogP contribution in [0.3, 0.4) is 0 Å². The lowest BCUT2D eigenvalue weighted by molar-refractivity contribution is 0.102. The molecule has 0 aliphatic carbocycles. The van der Waals surface area contributed by atoms with Crippen molar-refractivity contribution < 1.29 is 4.79 Å². The van der Waals surface area contributed by atoms with E-state index in [0.29, 0.717) is 5.56 Å². The number of aromatic amines is 1. The van der Waals surface area contributed by atoms with E-state index < -0.39 is 0 Å². The van der Waals surface area contributed by atoms with Crippen molar-refractivity contribution in [1.29, 1.82) is 0 Å². The van der Waals surface area contributed by atoms with Crippen LogP contribution in [0.4, 0.5) is 5.69 Å². The van der Waals surface area contributed by atoms with Gasteiger partial charge in [-0.2, -0.15) is 5.10 Å². The number of carbonyl (C=O) groups is 1. The molecule has 0 aliphatic heterocycles. The SMILES string of the molecule is Cc1ccc(NC(=O)c2cccc(-c3cn[nH]c3)c2)cc1. The Kier molecular flexibility index (Phi) is 3.51. The third-order valence-electron chi connectivity index (χ3n) is 3.27. The average molecular weight is 277 g/mol. The van der Waals surface area contributed by atoms with Crippen LogP contribution in [0.2, 0.25) is 0 Å². The number of hydrogen-bond donors (Lipinski definition) is 2. The van der Waals surface area contributed by atoms with Crippen molar-refractivity contribution >= 4 is 11.6 Å². The van der Waals surface area contributed by atoms with Gasteiger partial charge >= 0.3 is 0 Å². The Hall–Kier alpha value is -2.88. The van der Waals surface area contributed by atoms with Crippen LogP contribution in [0, 0.1) is 6.92 Å². The first-order valence-electron chi connectivity index (χ1n) is 6.69. The van der Waals surface area contributed by atoms with Gasteiger partial charge in [0.05, 0.1) is 6.20 Å². The fourth-order valence-electron chi connectivity index (χ4n) is 2.09. The van der Waals surface area contributed by atoms with Crippen molar-refractivity contribution in [2.45, 2.75) is 6.92 Å². The smallest absolute Gasteiger partial charge is 0.255 e. The highest BCUT2D eigenvalue weighted by Gasteiger charge is 2.08. The van der Waals surface area contributed by atoms with Crippen molar-refractivity contribution in [1.82, 2.24) is 10.2 Å². The molecule has 0 saturated heterocycles. The summed E-state index contributed by atoms with van der Waals surface area (Å²) in [7, 11) is 0. The Bertz CT molecular complexity index is 746. The van der Waals surface area contributed by atoms with Gasteiger partial charge in [-0.25, -0.2) is 0 Å². The zero-order valence-electron chi connectivity index (χ0n) is 11.6. The highest BCUT2D eigenvalue weighted by atomic mass is 16.1. The Morgan fingerprint density at radius 1 is 1.10 bits per heavy atom. The number of amides is 1. The maximum atomic E-state index is 12.3. The molecule has 0 bridgehead atoms. The Balaban J connectivity index is 1.81. The number of aromatic nitrogens is 2. The van der Waals surface area contributed by atoms with Crippen LogP contribution in [0.15, 0.2) is 60.9 Å². The first-order chi connectivity index (χ1) is 10.2. The highest BCUT2D eigenvalue weighted by molar-refractivity contribution is 6.04. The van der Waals surface area contributed by atoms with Crippen LogP contribution in [-0.2, 0) is 0 Å². The maximum Gasteiger partial charge on any atom is 0.255 e. The number of H-pyrrole nitrogens is 1. The van der Waals surface area contributed by atoms with E-state index in [0.717, 1.165) is 22.4 Å². The minimum atomic E-state index is -0.121. The number of anilines is 1. The fraction of sp³-hybridized carbons (Fsp3) is 0.0588. The number of carbonyl (C=O) groups excluding carboxylic acids is 1. The van der Waals surface area contributed by atoms with Gasteiger partial charge in [0, 0.05) is 23.0 Å². The van der Waals surface area contributed by atoms with E-state index in [9.17, 15) is 4.79 Å². The summed E-state index contributed by atoms with van der Waals surface area (Å²) < 4.78 is 0. The van der Waals surface area contributed by atoms with Crippen molar-refractivity contribution in [2.75, 3.05) is 5.32 Å². The van der Waals surface area contributed by atoms with E-state index in [1.807, 2.05) is 49.4 Å². The lowest BCUT2D eigenvalue weighted by atomic mass is 10.1. The predicted octanol–water partition coefficient (Wildman–Crippen LogP) is 3.64. The third-order valence-corrected chi connectivity index (χ3v) is 3.27. The van der Waals surface area contributed by atoms with Crippen molar-refractivity contribution in [3.63, 3.8) is 0 Å². The molecule has 2 N–H and O–H groups in total. The van der Waals surface area contributed by atoms with Gasteiger partial charge in [-0.1, -0.05) is 29.8 Å². The van der Waals surface area contributed by atoms with Gasteiger partial charge in [-0.3, -0.25) is 9.89 Å². The van der Waals surface area contributed by atoms with Crippen LogP contribution in [0.5, 0.6) is 0 Å². The minimum Gasteiger partial charge on any atom is -0.322 e. The summed E-state index contributed by atoms with van der Waals surface area (Å²) in [6.07, 6.45) is 3.54. The zero-order chi connectivity index (χ0) is 14.7. The van der Waals surface area contributed by atoms with Crippen LogP contribution >= 0.6 is 0 Å². The van der Waals surface area contributed by atoms with Crippen molar-refractivity contribution in [2.24, 2.45) is 0 Å². The monoisotopic (exact) mass is 277 g/mol. The number of hydrogen-bond acceptors (Lipinski definition) is 2. The number of aryl methyl sites for hydroxylation is 1. The van der Waals surface area contributed by atoms with Gasteiger partial charge in [0.1, 0.15) is 0 Å². The number of nitrogens with zero attached hydrogens (tertiary/aromatic N) is 1. The first kappa shape index (κ1) is 13.1. The van der Waals surface area contributed by atoms with Crippen LogP contribution in [0.1, 0.15) is 15.9 Å². The minimum absolute atomic E-state index is 0.121. The summed E-state index contributed by atoms with van der Waals surface area (Å²) in [5.74, 6) is -0.121. The van der Waals surface area contributed by atoms with Gasteiger partial charge in [-0.05, 0) is 36.8 Å². The van der Waals surface area contributed by atoms with E-state index in [2.05, 4.69) is 15.5 Å². The van der Waals surface area contributed by atoms with Crippen LogP contribution in [0.25, 0.3) is 11.1 Å². The summed E-state index contributed by atoms with van der Waals surface area (Å²) in [5.41, 5.74) is 4.49. The molecule has 0 atom stereocenters. The molecule has 1 amide bonds. The molecule has 4 heteroatoms. The van der Waals surface area contributed by atoms with Gasteiger partial charge in [0.25, 0.3) is 5.91 Å².